The predicted molar refractivity (Wildman–Crippen MR) is 68.0 cm³/mol. The summed E-state index contributed by atoms with van der Waals surface area (Å²) in [6.07, 6.45) is 8.48. The Morgan fingerprint density at radius 1 is 1.29 bits per heavy atom. The maximum absolute atomic E-state index is 12.0. The third kappa shape index (κ3) is 2.94. The second-order valence-electron chi connectivity index (χ2n) is 3.91. The minimum absolute atomic E-state index is 0.311. The standard InChI is InChI=1S/C12H14N2O2S/c1-10-7-8-12(13-9-10)14-17(15,16)11-5-3-2-4-6-11/h3,5-9H,2,4H2,1H3,(H,13,14). The van der Waals surface area contributed by atoms with Crippen molar-refractivity contribution in [1.29, 1.82) is 0 Å². The molecule has 0 amide bonds. The Balaban J connectivity index is 2.20. The van der Waals surface area contributed by atoms with E-state index in [9.17, 15) is 8.42 Å². The molecule has 17 heavy (non-hydrogen) atoms. The number of nitrogens with one attached hydrogen (secondary N) is 1. The molecule has 0 aliphatic heterocycles. The van der Waals surface area contributed by atoms with Crippen LogP contribution in [-0.2, 0) is 10.0 Å². The van der Waals surface area contributed by atoms with Crippen LogP contribution in [0.25, 0.3) is 0 Å². The molecule has 5 heteroatoms. The molecule has 1 aliphatic carbocycles. The van der Waals surface area contributed by atoms with Crippen LogP contribution in [0.5, 0.6) is 0 Å². The van der Waals surface area contributed by atoms with Crippen LogP contribution in [0, 0.1) is 6.92 Å². The molecule has 1 heterocycles. The fourth-order valence-corrected chi connectivity index (χ4v) is 2.64. The van der Waals surface area contributed by atoms with Crippen molar-refractivity contribution >= 4 is 15.8 Å². The molecule has 0 saturated carbocycles. The van der Waals surface area contributed by atoms with Crippen LogP contribution in [0.1, 0.15) is 18.4 Å². The van der Waals surface area contributed by atoms with Crippen LogP contribution in [0.4, 0.5) is 5.82 Å². The third-order valence-corrected chi connectivity index (χ3v) is 3.82. The van der Waals surface area contributed by atoms with Crippen LogP contribution in [0.2, 0.25) is 0 Å². The molecule has 0 radical (unpaired) electrons. The highest BCUT2D eigenvalue weighted by atomic mass is 32.2. The highest BCUT2D eigenvalue weighted by molar-refractivity contribution is 7.96. The number of anilines is 1. The fraction of sp³-hybridized carbons (Fsp3) is 0.250. The number of allylic oxidation sites excluding steroid dienone is 3. The molecule has 0 atom stereocenters. The molecule has 2 rings (SSSR count). The van der Waals surface area contributed by atoms with E-state index < -0.39 is 10.0 Å². The van der Waals surface area contributed by atoms with Crippen LogP contribution >= 0.6 is 0 Å². The lowest BCUT2D eigenvalue weighted by molar-refractivity contribution is 0.607. The lowest BCUT2D eigenvalue weighted by atomic mass is 10.2. The highest BCUT2D eigenvalue weighted by Crippen LogP contribution is 2.18. The van der Waals surface area contributed by atoms with Gasteiger partial charge in [0.1, 0.15) is 5.82 Å². The number of sulfonamides is 1. The number of hydrogen-bond donors (Lipinski definition) is 1. The zero-order valence-electron chi connectivity index (χ0n) is 9.55. The first-order valence-corrected chi connectivity index (χ1v) is 6.88. The van der Waals surface area contributed by atoms with Crippen molar-refractivity contribution in [3.63, 3.8) is 0 Å². The molecule has 0 spiro atoms. The van der Waals surface area contributed by atoms with Crippen molar-refractivity contribution in [2.45, 2.75) is 19.8 Å². The smallest absolute Gasteiger partial charge is 0.262 e. The summed E-state index contributed by atoms with van der Waals surface area (Å²) in [4.78, 5) is 4.33. The average Bonchev–Trinajstić information content (AvgIpc) is 2.33. The van der Waals surface area contributed by atoms with Crippen LogP contribution < -0.4 is 4.72 Å². The summed E-state index contributed by atoms with van der Waals surface area (Å²) in [5.74, 6) is 0.343. The van der Waals surface area contributed by atoms with Crippen molar-refractivity contribution in [3.05, 3.63) is 47.0 Å². The van der Waals surface area contributed by atoms with E-state index in [0.29, 0.717) is 10.7 Å². The van der Waals surface area contributed by atoms with Crippen molar-refractivity contribution < 1.29 is 8.42 Å². The summed E-state index contributed by atoms with van der Waals surface area (Å²) in [5.41, 5.74) is 0.990. The van der Waals surface area contributed by atoms with Crippen LogP contribution in [0.3, 0.4) is 0 Å². The first-order valence-electron chi connectivity index (χ1n) is 5.40. The van der Waals surface area contributed by atoms with Gasteiger partial charge in [-0.1, -0.05) is 18.2 Å². The second-order valence-corrected chi connectivity index (χ2v) is 5.59. The van der Waals surface area contributed by atoms with E-state index in [-0.39, 0.29) is 0 Å². The minimum Gasteiger partial charge on any atom is -0.263 e. The second kappa shape index (κ2) is 4.71. The van der Waals surface area contributed by atoms with Crippen molar-refractivity contribution in [3.8, 4) is 0 Å². The first kappa shape index (κ1) is 11.9. The molecule has 90 valence electrons. The molecule has 0 saturated heterocycles. The normalized spacial score (nSPS) is 15.5. The summed E-state index contributed by atoms with van der Waals surface area (Å²) < 4.78 is 26.4. The molecule has 1 aliphatic rings. The van der Waals surface area contributed by atoms with Gasteiger partial charge in [-0.25, -0.2) is 13.4 Å². The average molecular weight is 250 g/mol. The number of aromatic nitrogens is 1. The van der Waals surface area contributed by atoms with Gasteiger partial charge in [0, 0.05) is 6.20 Å². The van der Waals surface area contributed by atoms with E-state index >= 15 is 0 Å². The fourth-order valence-electron chi connectivity index (χ4n) is 1.51. The van der Waals surface area contributed by atoms with Gasteiger partial charge in [-0.05, 0) is 37.5 Å². The largest absolute Gasteiger partial charge is 0.263 e. The number of rotatable bonds is 3. The topological polar surface area (TPSA) is 59.1 Å². The monoisotopic (exact) mass is 250 g/mol. The summed E-state index contributed by atoms with van der Waals surface area (Å²) >= 11 is 0. The quantitative estimate of drug-likeness (QED) is 0.896. The molecule has 0 unspecified atom stereocenters. The van der Waals surface area contributed by atoms with Gasteiger partial charge in [0.05, 0.1) is 4.91 Å². The van der Waals surface area contributed by atoms with E-state index in [4.69, 9.17) is 0 Å². The Hall–Kier alpha value is -1.62. The molecule has 0 aromatic carbocycles. The summed E-state index contributed by atoms with van der Waals surface area (Å²) in [6, 6.07) is 3.47. The van der Waals surface area contributed by atoms with Gasteiger partial charge < -0.3 is 0 Å². The summed E-state index contributed by atoms with van der Waals surface area (Å²) in [7, 11) is -3.49. The van der Waals surface area contributed by atoms with E-state index in [1.165, 1.54) is 0 Å². The molecular weight excluding hydrogens is 236 g/mol. The van der Waals surface area contributed by atoms with Crippen molar-refractivity contribution in [2.24, 2.45) is 0 Å². The molecular formula is C12H14N2O2S. The van der Waals surface area contributed by atoms with Gasteiger partial charge in [0.2, 0.25) is 0 Å². The van der Waals surface area contributed by atoms with Gasteiger partial charge in [-0.15, -0.1) is 0 Å². The van der Waals surface area contributed by atoms with Gasteiger partial charge >= 0.3 is 0 Å². The molecule has 0 bridgehead atoms. The van der Waals surface area contributed by atoms with Gasteiger partial charge in [-0.3, -0.25) is 4.72 Å². The van der Waals surface area contributed by atoms with Gasteiger partial charge in [0.25, 0.3) is 10.0 Å². The maximum atomic E-state index is 12.0. The summed E-state index contributed by atoms with van der Waals surface area (Å²) in [6.45, 7) is 1.90. The van der Waals surface area contributed by atoms with Crippen LogP contribution in [-0.4, -0.2) is 13.4 Å². The SMILES string of the molecule is Cc1ccc(NS(=O)(=O)C2=CCCC=C2)nc1. The third-order valence-electron chi connectivity index (χ3n) is 2.42. The maximum Gasteiger partial charge on any atom is 0.262 e. The Morgan fingerprint density at radius 3 is 2.71 bits per heavy atom. The zero-order chi connectivity index (χ0) is 12.3. The van der Waals surface area contributed by atoms with Crippen molar-refractivity contribution in [2.75, 3.05) is 4.72 Å². The van der Waals surface area contributed by atoms with Gasteiger partial charge in [-0.2, -0.15) is 0 Å². The number of nitrogens with zero attached hydrogens (tertiary/aromatic N) is 1. The Morgan fingerprint density at radius 2 is 2.12 bits per heavy atom. The predicted octanol–water partition coefficient (Wildman–Crippen LogP) is 2.37. The van der Waals surface area contributed by atoms with E-state index in [1.54, 1.807) is 24.4 Å². The molecule has 1 aromatic rings. The van der Waals surface area contributed by atoms with Crippen molar-refractivity contribution in [1.82, 2.24) is 4.98 Å². The number of hydrogen-bond acceptors (Lipinski definition) is 3. The van der Waals surface area contributed by atoms with Gasteiger partial charge in [0.15, 0.2) is 0 Å². The van der Waals surface area contributed by atoms with E-state index in [2.05, 4.69) is 9.71 Å². The number of aryl methyl sites for hydroxylation is 1. The molecule has 1 aromatic heterocycles. The van der Waals surface area contributed by atoms with E-state index in [0.717, 1.165) is 18.4 Å². The lowest BCUT2D eigenvalue weighted by Gasteiger charge is -2.10. The van der Waals surface area contributed by atoms with Crippen LogP contribution in [0.15, 0.2) is 41.5 Å². The first-order chi connectivity index (χ1) is 8.08. The minimum atomic E-state index is -3.49. The number of pyridine rings is 1. The lowest BCUT2D eigenvalue weighted by Crippen LogP contribution is -2.15. The Bertz CT molecular complexity index is 557. The Kier molecular flexibility index (Phi) is 3.28. The molecule has 4 nitrogen and oxygen atoms in total. The zero-order valence-corrected chi connectivity index (χ0v) is 10.4. The molecule has 1 N–H and O–H groups in total. The Labute approximate surface area is 101 Å². The highest BCUT2D eigenvalue weighted by Gasteiger charge is 2.16. The molecule has 0 fully saturated rings. The summed E-state index contributed by atoms with van der Waals surface area (Å²) in [5, 5.41) is 0. The van der Waals surface area contributed by atoms with E-state index in [1.807, 2.05) is 19.1 Å².